The van der Waals surface area contributed by atoms with E-state index >= 15 is 0 Å². The summed E-state index contributed by atoms with van der Waals surface area (Å²) in [5.74, 6) is -1.14. The monoisotopic (exact) mass is 450 g/mol. The molecule has 0 spiro atoms. The van der Waals surface area contributed by atoms with Gasteiger partial charge in [0.05, 0.1) is 11.2 Å². The first-order valence-corrected chi connectivity index (χ1v) is 11.2. The van der Waals surface area contributed by atoms with Gasteiger partial charge in [-0.15, -0.1) is 0 Å². The molecule has 0 unspecified atom stereocenters. The van der Waals surface area contributed by atoms with Gasteiger partial charge in [-0.1, -0.05) is 6.07 Å². The number of phenolic OH excluding ortho intramolecular Hbond substituents is 1. The number of phenols is 1. The van der Waals surface area contributed by atoms with Crippen molar-refractivity contribution >= 4 is 38.1 Å². The molecule has 29 heavy (non-hydrogen) atoms. The molecule has 1 saturated heterocycles. The lowest BCUT2D eigenvalue weighted by atomic mass is 10.1. The standard InChI is InChI=1S/C15H22N4O8S2/c1-15(2,3)19(14(22)23)28(24,25)16-7-6-10-4-5-11(12(20)8-10)18-9-13(21)17-29(18,26)27/h4-5,8,16,20H,6-7,9H2,1-3H3,(H,17,21)(H,22,23). The van der Waals surface area contributed by atoms with Gasteiger partial charge in [-0.2, -0.15) is 25.9 Å². The Hall–Kier alpha value is -2.58. The lowest BCUT2D eigenvalue weighted by molar-refractivity contribution is -0.117. The van der Waals surface area contributed by atoms with Crippen LogP contribution in [0, 0.1) is 0 Å². The average molecular weight is 450 g/mol. The van der Waals surface area contributed by atoms with E-state index in [0.717, 1.165) is 0 Å². The van der Waals surface area contributed by atoms with Crippen LogP contribution in [-0.2, 0) is 31.6 Å². The minimum Gasteiger partial charge on any atom is -0.506 e. The number of carbonyl (C=O) groups is 2. The van der Waals surface area contributed by atoms with Gasteiger partial charge in [-0.05, 0) is 44.9 Å². The Morgan fingerprint density at radius 1 is 1.34 bits per heavy atom. The average Bonchev–Trinajstić information content (AvgIpc) is 2.77. The largest absolute Gasteiger partial charge is 0.506 e. The lowest BCUT2D eigenvalue weighted by Crippen LogP contribution is -2.53. The van der Waals surface area contributed by atoms with E-state index in [9.17, 15) is 36.6 Å². The van der Waals surface area contributed by atoms with E-state index in [4.69, 9.17) is 0 Å². The minimum absolute atomic E-state index is 0.0919. The zero-order valence-corrected chi connectivity index (χ0v) is 17.5. The number of carboxylic acid groups (broad SMARTS) is 1. The molecule has 0 radical (unpaired) electrons. The van der Waals surface area contributed by atoms with Crippen LogP contribution in [0.1, 0.15) is 26.3 Å². The van der Waals surface area contributed by atoms with Crippen molar-refractivity contribution in [3.63, 3.8) is 0 Å². The smallest absolute Gasteiger partial charge is 0.422 e. The number of aromatic hydroxyl groups is 1. The number of nitrogens with one attached hydrogen (secondary N) is 2. The van der Waals surface area contributed by atoms with Gasteiger partial charge in [0.2, 0.25) is 0 Å². The number of carbonyl (C=O) groups excluding carboxylic acids is 1. The zero-order chi connectivity index (χ0) is 22.2. The topological polar surface area (TPSA) is 173 Å². The van der Waals surface area contributed by atoms with Crippen LogP contribution < -0.4 is 13.7 Å². The van der Waals surface area contributed by atoms with Crippen LogP contribution in [-0.4, -0.2) is 62.0 Å². The molecule has 0 saturated carbocycles. The molecule has 0 aliphatic carbocycles. The van der Waals surface area contributed by atoms with Crippen molar-refractivity contribution in [3.05, 3.63) is 23.8 Å². The highest BCUT2D eigenvalue weighted by molar-refractivity contribution is 7.92. The summed E-state index contributed by atoms with van der Waals surface area (Å²) >= 11 is 0. The van der Waals surface area contributed by atoms with E-state index in [1.54, 1.807) is 4.72 Å². The van der Waals surface area contributed by atoms with Gasteiger partial charge in [0.1, 0.15) is 12.3 Å². The molecule has 162 valence electrons. The molecule has 1 aromatic rings. The SMILES string of the molecule is CC(C)(C)N(C(=O)O)S(=O)(=O)NCCc1ccc(N2CC(=O)NS2(=O)=O)c(O)c1. The van der Waals surface area contributed by atoms with Gasteiger partial charge in [0.25, 0.3) is 5.91 Å². The first-order chi connectivity index (χ1) is 13.1. The van der Waals surface area contributed by atoms with Gasteiger partial charge < -0.3 is 10.2 Å². The minimum atomic E-state index is -4.31. The molecular formula is C15H22N4O8S2. The molecule has 2 amide bonds. The van der Waals surface area contributed by atoms with Crippen LogP contribution >= 0.6 is 0 Å². The molecule has 1 aromatic carbocycles. The van der Waals surface area contributed by atoms with Crippen LogP contribution in [0.3, 0.4) is 0 Å². The van der Waals surface area contributed by atoms with Gasteiger partial charge in [0, 0.05) is 6.54 Å². The number of amides is 2. The lowest BCUT2D eigenvalue weighted by Gasteiger charge is -2.31. The van der Waals surface area contributed by atoms with Crippen molar-refractivity contribution in [3.8, 4) is 5.75 Å². The summed E-state index contributed by atoms with van der Waals surface area (Å²) in [6, 6.07) is 3.98. The molecule has 0 aromatic heterocycles. The Balaban J connectivity index is 2.10. The maximum Gasteiger partial charge on any atom is 0.422 e. The van der Waals surface area contributed by atoms with Crippen LogP contribution in [0.15, 0.2) is 18.2 Å². The Morgan fingerprint density at radius 2 is 1.97 bits per heavy atom. The predicted molar refractivity (Wildman–Crippen MR) is 103 cm³/mol. The summed E-state index contributed by atoms with van der Waals surface area (Å²) in [7, 11) is -8.39. The van der Waals surface area contributed by atoms with E-state index in [1.165, 1.54) is 39.0 Å². The fourth-order valence-corrected chi connectivity index (χ4v) is 5.31. The fourth-order valence-electron chi connectivity index (χ4n) is 2.74. The van der Waals surface area contributed by atoms with Crippen molar-refractivity contribution in [1.29, 1.82) is 0 Å². The van der Waals surface area contributed by atoms with E-state index in [0.29, 0.717) is 14.2 Å². The van der Waals surface area contributed by atoms with Crippen LogP contribution in [0.4, 0.5) is 10.5 Å². The number of benzene rings is 1. The number of rotatable bonds is 6. The number of hydrogen-bond donors (Lipinski definition) is 4. The maximum atomic E-state index is 12.3. The maximum absolute atomic E-state index is 12.3. The fraction of sp³-hybridized carbons (Fsp3) is 0.467. The van der Waals surface area contributed by atoms with Crippen molar-refractivity contribution in [1.82, 2.24) is 13.7 Å². The predicted octanol–water partition coefficient (Wildman–Crippen LogP) is -0.271. The van der Waals surface area contributed by atoms with Crippen molar-refractivity contribution in [2.24, 2.45) is 0 Å². The molecule has 0 bridgehead atoms. The van der Waals surface area contributed by atoms with E-state index in [-0.39, 0.29) is 18.7 Å². The first kappa shape index (κ1) is 22.7. The molecule has 2 rings (SSSR count). The molecule has 1 aliphatic heterocycles. The third kappa shape index (κ3) is 5.07. The summed E-state index contributed by atoms with van der Waals surface area (Å²) in [5, 5.41) is 19.3. The van der Waals surface area contributed by atoms with E-state index in [1.807, 2.05) is 0 Å². The Bertz CT molecular complexity index is 1030. The second-order valence-corrected chi connectivity index (χ2v) is 10.4. The van der Waals surface area contributed by atoms with Crippen LogP contribution in [0.2, 0.25) is 0 Å². The number of anilines is 1. The van der Waals surface area contributed by atoms with Gasteiger partial charge >= 0.3 is 26.5 Å². The normalized spacial score (nSPS) is 16.5. The molecule has 4 N–H and O–H groups in total. The second kappa shape index (κ2) is 7.68. The van der Waals surface area contributed by atoms with Crippen LogP contribution in [0.5, 0.6) is 5.75 Å². The van der Waals surface area contributed by atoms with Crippen molar-refractivity contribution in [2.45, 2.75) is 32.7 Å². The number of nitrogens with zero attached hydrogens (tertiary/aromatic N) is 2. The third-order valence-corrected chi connectivity index (χ3v) is 7.00. The highest BCUT2D eigenvalue weighted by Crippen LogP contribution is 2.31. The highest BCUT2D eigenvalue weighted by Gasteiger charge is 2.37. The Labute approximate surface area is 168 Å². The molecule has 0 atom stereocenters. The quantitative estimate of drug-likeness (QED) is 0.458. The van der Waals surface area contributed by atoms with Crippen molar-refractivity contribution in [2.75, 3.05) is 17.4 Å². The van der Waals surface area contributed by atoms with Crippen molar-refractivity contribution < 1.29 is 36.6 Å². The zero-order valence-electron chi connectivity index (χ0n) is 15.9. The molecule has 1 fully saturated rings. The molecule has 1 aliphatic rings. The summed E-state index contributed by atoms with van der Waals surface area (Å²) in [5.41, 5.74) is -0.829. The highest BCUT2D eigenvalue weighted by atomic mass is 32.2. The van der Waals surface area contributed by atoms with E-state index < -0.39 is 50.3 Å². The summed E-state index contributed by atoms with van der Waals surface area (Å²) in [6.07, 6.45) is -1.53. The first-order valence-electron chi connectivity index (χ1n) is 8.33. The Morgan fingerprint density at radius 3 is 2.41 bits per heavy atom. The second-order valence-electron chi connectivity index (χ2n) is 7.23. The van der Waals surface area contributed by atoms with Gasteiger partial charge in [-0.25, -0.2) is 13.8 Å². The summed E-state index contributed by atoms with van der Waals surface area (Å²) < 4.78 is 53.2. The molecule has 12 nitrogen and oxygen atoms in total. The van der Waals surface area contributed by atoms with Gasteiger partial charge in [-0.3, -0.25) is 4.79 Å². The third-order valence-electron chi connectivity index (χ3n) is 3.85. The van der Waals surface area contributed by atoms with E-state index in [2.05, 4.69) is 4.72 Å². The van der Waals surface area contributed by atoms with Gasteiger partial charge in [0.15, 0.2) is 0 Å². The number of hydrogen-bond acceptors (Lipinski definition) is 7. The summed E-state index contributed by atoms with van der Waals surface area (Å²) in [4.78, 5) is 22.6. The summed E-state index contributed by atoms with van der Waals surface area (Å²) in [6.45, 7) is 3.67. The molecule has 1 heterocycles. The molecular weight excluding hydrogens is 428 g/mol. The Kier molecular flexibility index (Phi) is 6.02. The molecule has 14 heteroatoms. The van der Waals surface area contributed by atoms with Crippen LogP contribution in [0.25, 0.3) is 0 Å².